The van der Waals surface area contributed by atoms with Gasteiger partial charge >= 0.3 is 0 Å². The van der Waals surface area contributed by atoms with E-state index < -0.39 is 0 Å². The van der Waals surface area contributed by atoms with Gasteiger partial charge in [-0.2, -0.15) is 5.26 Å². The van der Waals surface area contributed by atoms with Crippen molar-refractivity contribution in [3.05, 3.63) is 35.1 Å². The molecule has 2 rings (SSSR count). The average Bonchev–Trinajstić information content (AvgIpc) is 2.42. The Balaban J connectivity index is 2.44. The third-order valence-electron chi connectivity index (χ3n) is 1.69. The third kappa shape index (κ3) is 0.577. The van der Waals surface area contributed by atoms with Crippen LogP contribution in [-0.2, 0) is 0 Å². The Labute approximate surface area is 59.2 Å². The van der Waals surface area contributed by atoms with Gasteiger partial charge < -0.3 is 5.32 Å². The number of fused-ring (bicyclic) bond motifs is 1. The zero-order valence-electron chi connectivity index (χ0n) is 5.39. The SMILES string of the molecule is N#CC1=CC2=CNCC2=C1. The number of nitrogens with one attached hydrogen (secondary N) is 1. The van der Waals surface area contributed by atoms with Gasteiger partial charge in [-0.3, -0.25) is 0 Å². The highest BCUT2D eigenvalue weighted by molar-refractivity contribution is 5.59. The van der Waals surface area contributed by atoms with E-state index in [1.54, 1.807) is 0 Å². The van der Waals surface area contributed by atoms with Crippen molar-refractivity contribution in [2.45, 2.75) is 0 Å². The second-order valence-electron chi connectivity index (χ2n) is 2.36. The summed E-state index contributed by atoms with van der Waals surface area (Å²) in [5, 5.41) is 11.6. The van der Waals surface area contributed by atoms with Crippen LogP contribution in [0.25, 0.3) is 0 Å². The molecule has 10 heavy (non-hydrogen) atoms. The van der Waals surface area contributed by atoms with E-state index in [0.717, 1.165) is 17.7 Å². The van der Waals surface area contributed by atoms with Gasteiger partial charge in [0.2, 0.25) is 0 Å². The molecule has 0 aromatic rings. The Morgan fingerprint density at radius 3 is 3.10 bits per heavy atom. The smallest absolute Gasteiger partial charge is 0.0991 e. The fraction of sp³-hybridized carbons (Fsp3) is 0.125. The van der Waals surface area contributed by atoms with E-state index in [1.165, 1.54) is 5.57 Å². The molecule has 2 nitrogen and oxygen atoms in total. The molecule has 2 aliphatic rings. The van der Waals surface area contributed by atoms with Crippen LogP contribution in [-0.4, -0.2) is 6.54 Å². The van der Waals surface area contributed by atoms with Crippen molar-refractivity contribution in [1.29, 1.82) is 5.26 Å². The molecule has 2 heteroatoms. The predicted molar refractivity (Wildman–Crippen MR) is 37.9 cm³/mol. The van der Waals surface area contributed by atoms with Gasteiger partial charge in [-0.05, 0) is 23.3 Å². The van der Waals surface area contributed by atoms with Gasteiger partial charge in [0.15, 0.2) is 0 Å². The molecule has 1 N–H and O–H groups in total. The van der Waals surface area contributed by atoms with Gasteiger partial charge in [0, 0.05) is 12.7 Å². The van der Waals surface area contributed by atoms with Crippen LogP contribution in [0.3, 0.4) is 0 Å². The number of hydrogen-bond acceptors (Lipinski definition) is 2. The maximum absolute atomic E-state index is 8.51. The molecule has 0 fully saturated rings. The highest BCUT2D eigenvalue weighted by Crippen LogP contribution is 2.24. The van der Waals surface area contributed by atoms with Crippen molar-refractivity contribution < 1.29 is 0 Å². The molecule has 0 aromatic heterocycles. The number of rotatable bonds is 0. The summed E-state index contributed by atoms with van der Waals surface area (Å²) in [6.45, 7) is 0.872. The molecule has 0 atom stereocenters. The van der Waals surface area contributed by atoms with Crippen molar-refractivity contribution in [2.75, 3.05) is 6.54 Å². The summed E-state index contributed by atoms with van der Waals surface area (Å²) in [6.07, 6.45) is 5.76. The minimum atomic E-state index is 0.766. The van der Waals surface area contributed by atoms with Crippen molar-refractivity contribution in [2.24, 2.45) is 0 Å². The van der Waals surface area contributed by atoms with Gasteiger partial charge in [0.05, 0.1) is 11.6 Å². The number of allylic oxidation sites excluding steroid dienone is 3. The van der Waals surface area contributed by atoms with Crippen LogP contribution in [0.15, 0.2) is 35.1 Å². The predicted octanol–water partition coefficient (Wildman–Crippen LogP) is 0.863. The molecule has 1 aliphatic heterocycles. The number of nitriles is 1. The van der Waals surface area contributed by atoms with E-state index in [0.29, 0.717) is 0 Å². The Kier molecular flexibility index (Phi) is 0.925. The van der Waals surface area contributed by atoms with Gasteiger partial charge in [0.1, 0.15) is 0 Å². The molecule has 0 aromatic carbocycles. The molecular weight excluding hydrogens is 124 g/mol. The molecule has 48 valence electrons. The Hall–Kier alpha value is -1.49. The zero-order chi connectivity index (χ0) is 6.97. The van der Waals surface area contributed by atoms with E-state index in [-0.39, 0.29) is 0 Å². The normalized spacial score (nSPS) is 20.1. The van der Waals surface area contributed by atoms with Crippen molar-refractivity contribution in [3.8, 4) is 6.07 Å². The lowest BCUT2D eigenvalue weighted by molar-refractivity contribution is 1.01. The molecule has 0 saturated carbocycles. The lowest BCUT2D eigenvalue weighted by Gasteiger charge is -1.87. The summed E-state index contributed by atoms with van der Waals surface area (Å²) in [5.74, 6) is 0. The summed E-state index contributed by atoms with van der Waals surface area (Å²) in [5.41, 5.74) is 3.16. The first kappa shape index (κ1) is 5.31. The maximum atomic E-state index is 8.51. The van der Waals surface area contributed by atoms with Crippen molar-refractivity contribution in [1.82, 2.24) is 5.32 Å². The molecule has 0 radical (unpaired) electrons. The first-order valence-electron chi connectivity index (χ1n) is 3.16. The Morgan fingerprint density at radius 2 is 2.40 bits per heavy atom. The average molecular weight is 130 g/mol. The van der Waals surface area contributed by atoms with Gasteiger partial charge in [-0.15, -0.1) is 0 Å². The first-order valence-corrected chi connectivity index (χ1v) is 3.16. The van der Waals surface area contributed by atoms with E-state index in [1.807, 2.05) is 18.4 Å². The first-order chi connectivity index (χ1) is 4.90. The minimum Gasteiger partial charge on any atom is -0.386 e. The quantitative estimate of drug-likeness (QED) is 0.528. The number of hydrogen-bond donors (Lipinski definition) is 1. The van der Waals surface area contributed by atoms with E-state index >= 15 is 0 Å². The fourth-order valence-electron chi connectivity index (χ4n) is 1.20. The molecule has 0 unspecified atom stereocenters. The standard InChI is InChI=1S/C8H6N2/c9-3-6-1-7-4-10-5-8(7)2-6/h1-2,4,10H,5H2. The zero-order valence-corrected chi connectivity index (χ0v) is 5.39. The highest BCUT2D eigenvalue weighted by atomic mass is 14.9. The van der Waals surface area contributed by atoms with Crippen LogP contribution in [0.2, 0.25) is 0 Å². The van der Waals surface area contributed by atoms with Crippen LogP contribution in [0.1, 0.15) is 0 Å². The monoisotopic (exact) mass is 130 g/mol. The second-order valence-corrected chi connectivity index (χ2v) is 2.36. The van der Waals surface area contributed by atoms with Gasteiger partial charge in [-0.25, -0.2) is 0 Å². The maximum Gasteiger partial charge on any atom is 0.0991 e. The third-order valence-corrected chi connectivity index (χ3v) is 1.69. The van der Waals surface area contributed by atoms with E-state index in [4.69, 9.17) is 5.26 Å². The molecule has 0 spiro atoms. The molecule has 1 heterocycles. The van der Waals surface area contributed by atoms with Crippen LogP contribution < -0.4 is 5.32 Å². The van der Waals surface area contributed by atoms with Crippen LogP contribution >= 0.6 is 0 Å². The summed E-state index contributed by atoms with van der Waals surface area (Å²) < 4.78 is 0. The molecule has 0 amide bonds. The van der Waals surface area contributed by atoms with E-state index in [2.05, 4.69) is 11.4 Å². The molecule has 1 aliphatic carbocycles. The summed E-state index contributed by atoms with van der Waals surface area (Å²) in [4.78, 5) is 0. The molecule has 0 saturated heterocycles. The molecule has 0 bridgehead atoms. The second kappa shape index (κ2) is 1.74. The number of nitrogens with zero attached hydrogens (tertiary/aromatic N) is 1. The van der Waals surface area contributed by atoms with Crippen LogP contribution in [0, 0.1) is 11.3 Å². The Bertz CT molecular complexity index is 300. The van der Waals surface area contributed by atoms with Crippen LogP contribution in [0.4, 0.5) is 0 Å². The Morgan fingerprint density at radius 1 is 1.50 bits per heavy atom. The van der Waals surface area contributed by atoms with Crippen LogP contribution in [0.5, 0.6) is 0 Å². The fourth-order valence-corrected chi connectivity index (χ4v) is 1.20. The van der Waals surface area contributed by atoms with Gasteiger partial charge in [-0.1, -0.05) is 0 Å². The van der Waals surface area contributed by atoms with Crippen molar-refractivity contribution >= 4 is 0 Å². The van der Waals surface area contributed by atoms with Crippen molar-refractivity contribution in [3.63, 3.8) is 0 Å². The lowest BCUT2D eigenvalue weighted by atomic mass is 10.2. The minimum absolute atomic E-state index is 0.766. The highest BCUT2D eigenvalue weighted by Gasteiger charge is 2.14. The lowest BCUT2D eigenvalue weighted by Crippen LogP contribution is -1.99. The topological polar surface area (TPSA) is 35.8 Å². The summed E-state index contributed by atoms with van der Waals surface area (Å²) in [7, 11) is 0. The largest absolute Gasteiger partial charge is 0.386 e. The van der Waals surface area contributed by atoms with E-state index in [9.17, 15) is 0 Å². The van der Waals surface area contributed by atoms with Gasteiger partial charge in [0.25, 0.3) is 0 Å². The molecular formula is C8H6N2. The summed E-state index contributed by atoms with van der Waals surface area (Å²) in [6, 6.07) is 2.11. The summed E-state index contributed by atoms with van der Waals surface area (Å²) >= 11 is 0.